The van der Waals surface area contributed by atoms with Crippen molar-refractivity contribution in [1.29, 1.82) is 0 Å². The van der Waals surface area contributed by atoms with Crippen molar-refractivity contribution in [2.45, 2.75) is 18.2 Å². The molecule has 0 spiro atoms. The van der Waals surface area contributed by atoms with Crippen LogP contribution in [0, 0.1) is 0 Å². The maximum absolute atomic E-state index is 12.5. The van der Waals surface area contributed by atoms with Gasteiger partial charge in [-0.15, -0.1) is 0 Å². The minimum absolute atomic E-state index is 0.271. The minimum atomic E-state index is -3.57. The van der Waals surface area contributed by atoms with Gasteiger partial charge in [0, 0.05) is 37.6 Å². The number of benzene rings is 2. The van der Waals surface area contributed by atoms with Crippen LogP contribution in [0.4, 0.5) is 11.4 Å². The Kier molecular flexibility index (Phi) is 6.71. The molecule has 27 heavy (non-hydrogen) atoms. The zero-order valence-corrected chi connectivity index (χ0v) is 16.5. The number of anilines is 2. The molecule has 0 atom stereocenters. The highest BCUT2D eigenvalue weighted by Crippen LogP contribution is 2.19. The molecule has 3 rings (SSSR count). The van der Waals surface area contributed by atoms with Crippen LogP contribution in [0.25, 0.3) is 0 Å². The van der Waals surface area contributed by atoms with Crippen LogP contribution in [0.15, 0.2) is 53.4 Å². The van der Waals surface area contributed by atoms with Crippen molar-refractivity contribution in [3.63, 3.8) is 0 Å². The molecule has 0 aliphatic carbocycles. The van der Waals surface area contributed by atoms with E-state index in [1.54, 1.807) is 24.3 Å². The molecule has 2 aromatic carbocycles. The average molecular weight is 390 g/mol. The van der Waals surface area contributed by atoms with Crippen LogP contribution in [0.3, 0.4) is 0 Å². The van der Waals surface area contributed by atoms with Gasteiger partial charge in [0.25, 0.3) is 10.0 Å². The Bertz CT molecular complexity index is 815. The zero-order chi connectivity index (χ0) is 19.1. The number of sulfonamides is 1. The van der Waals surface area contributed by atoms with E-state index in [0.717, 1.165) is 57.1 Å². The van der Waals surface area contributed by atoms with Crippen LogP contribution >= 0.6 is 0 Å². The Morgan fingerprint density at radius 2 is 1.59 bits per heavy atom. The molecule has 0 unspecified atom stereocenters. The molecule has 1 saturated heterocycles. The SMILES string of the molecule is CCc1ccc(S(=O)(=O)Nc2ccc(NCCN3CCOCC3)cc2)cc1. The van der Waals surface area contributed by atoms with Gasteiger partial charge in [-0.25, -0.2) is 8.42 Å². The maximum atomic E-state index is 12.5. The standard InChI is InChI=1S/C20H27N3O3S/c1-2-17-3-9-20(10-4-17)27(24,25)22-19-7-5-18(6-8-19)21-11-12-23-13-15-26-16-14-23/h3-10,21-22H,2,11-16H2,1H3. The monoisotopic (exact) mass is 389 g/mol. The van der Waals surface area contributed by atoms with Gasteiger partial charge in [-0.1, -0.05) is 19.1 Å². The molecule has 146 valence electrons. The second kappa shape index (κ2) is 9.21. The van der Waals surface area contributed by atoms with E-state index in [2.05, 4.69) is 14.9 Å². The fraction of sp³-hybridized carbons (Fsp3) is 0.400. The van der Waals surface area contributed by atoms with Crippen LogP contribution in [-0.2, 0) is 21.2 Å². The van der Waals surface area contributed by atoms with E-state index in [4.69, 9.17) is 4.74 Å². The average Bonchev–Trinajstić information content (AvgIpc) is 2.70. The fourth-order valence-electron chi connectivity index (χ4n) is 2.96. The van der Waals surface area contributed by atoms with Crippen LogP contribution in [0.5, 0.6) is 0 Å². The molecule has 0 radical (unpaired) electrons. The molecule has 0 aromatic heterocycles. The smallest absolute Gasteiger partial charge is 0.261 e. The number of rotatable bonds is 8. The number of nitrogens with one attached hydrogen (secondary N) is 2. The van der Waals surface area contributed by atoms with Crippen molar-refractivity contribution >= 4 is 21.4 Å². The summed E-state index contributed by atoms with van der Waals surface area (Å²) in [4.78, 5) is 2.63. The Morgan fingerprint density at radius 3 is 2.22 bits per heavy atom. The molecule has 1 fully saturated rings. The number of nitrogens with zero attached hydrogens (tertiary/aromatic N) is 1. The van der Waals surface area contributed by atoms with E-state index in [1.807, 2.05) is 31.2 Å². The summed E-state index contributed by atoms with van der Waals surface area (Å²) in [5, 5.41) is 3.37. The molecule has 7 heteroatoms. The van der Waals surface area contributed by atoms with Crippen LogP contribution in [0.2, 0.25) is 0 Å². The van der Waals surface area contributed by atoms with Gasteiger partial charge in [0.2, 0.25) is 0 Å². The van der Waals surface area contributed by atoms with E-state index < -0.39 is 10.0 Å². The Hall–Kier alpha value is -2.09. The second-order valence-electron chi connectivity index (χ2n) is 6.56. The number of morpholine rings is 1. The molecular weight excluding hydrogens is 362 g/mol. The fourth-order valence-corrected chi connectivity index (χ4v) is 4.02. The highest BCUT2D eigenvalue weighted by Gasteiger charge is 2.14. The van der Waals surface area contributed by atoms with Gasteiger partial charge < -0.3 is 10.1 Å². The summed E-state index contributed by atoms with van der Waals surface area (Å²) in [6.45, 7) is 7.40. The van der Waals surface area contributed by atoms with Gasteiger partial charge in [-0.05, 0) is 48.4 Å². The molecular formula is C20H27N3O3S. The molecule has 0 bridgehead atoms. The van der Waals surface area contributed by atoms with E-state index in [-0.39, 0.29) is 4.90 Å². The van der Waals surface area contributed by atoms with Crippen molar-refractivity contribution in [2.75, 3.05) is 49.4 Å². The van der Waals surface area contributed by atoms with E-state index in [9.17, 15) is 8.42 Å². The van der Waals surface area contributed by atoms with Crippen molar-refractivity contribution in [2.24, 2.45) is 0 Å². The molecule has 1 aliphatic rings. The molecule has 1 heterocycles. The van der Waals surface area contributed by atoms with Gasteiger partial charge in [0.05, 0.1) is 18.1 Å². The summed E-state index contributed by atoms with van der Waals surface area (Å²) in [6.07, 6.45) is 0.883. The summed E-state index contributed by atoms with van der Waals surface area (Å²) >= 11 is 0. The second-order valence-corrected chi connectivity index (χ2v) is 8.24. The first-order chi connectivity index (χ1) is 13.1. The van der Waals surface area contributed by atoms with Crippen molar-refractivity contribution in [3.05, 3.63) is 54.1 Å². The highest BCUT2D eigenvalue weighted by molar-refractivity contribution is 7.92. The summed E-state index contributed by atoms with van der Waals surface area (Å²) in [7, 11) is -3.57. The topological polar surface area (TPSA) is 70.7 Å². The lowest BCUT2D eigenvalue weighted by atomic mass is 10.2. The van der Waals surface area contributed by atoms with Gasteiger partial charge in [-0.3, -0.25) is 9.62 Å². The first-order valence-electron chi connectivity index (χ1n) is 9.32. The Balaban J connectivity index is 1.53. The quantitative estimate of drug-likeness (QED) is 0.726. The van der Waals surface area contributed by atoms with Crippen molar-refractivity contribution in [1.82, 2.24) is 4.90 Å². The summed E-state index contributed by atoms with van der Waals surface area (Å²) in [5.41, 5.74) is 2.63. The third-order valence-corrected chi connectivity index (χ3v) is 6.04. The zero-order valence-electron chi connectivity index (χ0n) is 15.6. The number of aryl methyl sites for hydroxylation is 1. The normalized spacial score (nSPS) is 15.4. The van der Waals surface area contributed by atoms with Crippen molar-refractivity contribution < 1.29 is 13.2 Å². The maximum Gasteiger partial charge on any atom is 0.261 e. The predicted molar refractivity (Wildman–Crippen MR) is 109 cm³/mol. The van der Waals surface area contributed by atoms with Crippen LogP contribution < -0.4 is 10.0 Å². The van der Waals surface area contributed by atoms with Crippen LogP contribution in [0.1, 0.15) is 12.5 Å². The lowest BCUT2D eigenvalue weighted by molar-refractivity contribution is 0.0398. The van der Waals surface area contributed by atoms with E-state index >= 15 is 0 Å². The summed E-state index contributed by atoms with van der Waals surface area (Å²) in [5.74, 6) is 0. The van der Waals surface area contributed by atoms with Crippen LogP contribution in [-0.4, -0.2) is 52.7 Å². The molecule has 2 N–H and O–H groups in total. The van der Waals surface area contributed by atoms with Gasteiger partial charge in [-0.2, -0.15) is 0 Å². The number of hydrogen-bond acceptors (Lipinski definition) is 5. The third-order valence-electron chi connectivity index (χ3n) is 4.64. The van der Waals surface area contributed by atoms with Gasteiger partial charge in [0.15, 0.2) is 0 Å². The molecule has 6 nitrogen and oxygen atoms in total. The Labute approximate surface area is 161 Å². The first-order valence-corrected chi connectivity index (χ1v) is 10.8. The lowest BCUT2D eigenvalue weighted by Crippen LogP contribution is -2.38. The Morgan fingerprint density at radius 1 is 0.963 bits per heavy atom. The largest absolute Gasteiger partial charge is 0.384 e. The predicted octanol–water partition coefficient (Wildman–Crippen LogP) is 2.79. The molecule has 2 aromatic rings. The molecule has 1 aliphatic heterocycles. The first kappa shape index (κ1) is 19.7. The third kappa shape index (κ3) is 5.69. The number of ether oxygens (including phenoxy) is 1. The van der Waals surface area contributed by atoms with E-state index in [0.29, 0.717) is 5.69 Å². The molecule has 0 saturated carbocycles. The lowest BCUT2D eigenvalue weighted by Gasteiger charge is -2.26. The highest BCUT2D eigenvalue weighted by atomic mass is 32.2. The summed E-state index contributed by atoms with van der Waals surface area (Å²) in [6, 6.07) is 14.3. The number of hydrogen-bond donors (Lipinski definition) is 2. The van der Waals surface area contributed by atoms with E-state index in [1.165, 1.54) is 0 Å². The van der Waals surface area contributed by atoms with Gasteiger partial charge >= 0.3 is 0 Å². The molecule has 0 amide bonds. The minimum Gasteiger partial charge on any atom is -0.384 e. The summed E-state index contributed by atoms with van der Waals surface area (Å²) < 4.78 is 33.0. The van der Waals surface area contributed by atoms with Gasteiger partial charge in [0.1, 0.15) is 0 Å². The van der Waals surface area contributed by atoms with Crippen molar-refractivity contribution in [3.8, 4) is 0 Å².